The summed E-state index contributed by atoms with van der Waals surface area (Å²) in [7, 11) is 3.35. The van der Waals surface area contributed by atoms with E-state index in [1.54, 1.807) is 61.4 Å². The van der Waals surface area contributed by atoms with Crippen LogP contribution in [0, 0.1) is 0 Å². The number of hydrogen-bond acceptors (Lipinski definition) is 3. The summed E-state index contributed by atoms with van der Waals surface area (Å²) in [6.45, 7) is 0. The predicted octanol–water partition coefficient (Wildman–Crippen LogP) is 3.59. The fourth-order valence-electron chi connectivity index (χ4n) is 2.42. The number of para-hydroxylation sites is 1. The lowest BCUT2D eigenvalue weighted by molar-refractivity contribution is 0.0828. The maximum Gasteiger partial charge on any atom is 0.255 e. The van der Waals surface area contributed by atoms with E-state index < -0.39 is 0 Å². The molecule has 0 radical (unpaired) electrons. The van der Waals surface area contributed by atoms with Gasteiger partial charge in [-0.3, -0.25) is 9.59 Å². The molecular weight excluding hydrogens is 396 g/mol. The summed E-state index contributed by atoms with van der Waals surface area (Å²) in [5.74, 6) is -0.447. The quantitative estimate of drug-likeness (QED) is 0.711. The number of nitrogens with one attached hydrogen (secondary N) is 1. The van der Waals surface area contributed by atoms with Crippen LogP contribution < -0.4 is 5.32 Å². The third-order valence-corrected chi connectivity index (χ3v) is 4.17. The number of benzene rings is 2. The van der Waals surface area contributed by atoms with Crippen LogP contribution in [0.15, 0.2) is 65.4 Å². The number of anilines is 1. The highest BCUT2D eigenvalue weighted by Gasteiger charge is 2.15. The van der Waals surface area contributed by atoms with E-state index in [2.05, 4.69) is 26.3 Å². The van der Waals surface area contributed by atoms with Gasteiger partial charge in [-0.1, -0.05) is 12.1 Å². The van der Waals surface area contributed by atoms with Crippen LogP contribution in [0.25, 0.3) is 5.69 Å². The first-order chi connectivity index (χ1) is 12.5. The number of halogens is 1. The molecule has 1 heterocycles. The molecule has 26 heavy (non-hydrogen) atoms. The molecular formula is C19H17BrN4O2. The van der Waals surface area contributed by atoms with Crippen molar-refractivity contribution in [3.63, 3.8) is 0 Å². The van der Waals surface area contributed by atoms with Crippen molar-refractivity contribution >= 4 is 33.4 Å². The lowest BCUT2D eigenvalue weighted by Gasteiger charge is -2.14. The van der Waals surface area contributed by atoms with Gasteiger partial charge in [0, 0.05) is 25.9 Å². The number of carbonyl (C=O) groups excluding carboxylic acids is 2. The highest BCUT2D eigenvalue weighted by molar-refractivity contribution is 9.10. The topological polar surface area (TPSA) is 67.2 Å². The molecule has 0 saturated carbocycles. The van der Waals surface area contributed by atoms with E-state index in [0.717, 1.165) is 10.2 Å². The Hall–Kier alpha value is -2.93. The molecule has 0 unspecified atom stereocenters. The molecule has 1 aromatic heterocycles. The largest absolute Gasteiger partial charge is 0.345 e. The number of rotatable bonds is 4. The smallest absolute Gasteiger partial charge is 0.255 e. The Morgan fingerprint density at radius 1 is 1.08 bits per heavy atom. The number of aromatic nitrogens is 2. The van der Waals surface area contributed by atoms with Crippen molar-refractivity contribution in [3.8, 4) is 5.69 Å². The van der Waals surface area contributed by atoms with Gasteiger partial charge >= 0.3 is 0 Å². The van der Waals surface area contributed by atoms with Crippen LogP contribution in [0.4, 0.5) is 5.69 Å². The molecule has 0 saturated heterocycles. The molecule has 0 aliphatic carbocycles. The molecule has 3 aromatic rings. The summed E-state index contributed by atoms with van der Waals surface area (Å²) in [6, 6.07) is 14.0. The van der Waals surface area contributed by atoms with E-state index in [1.165, 1.54) is 4.90 Å². The molecule has 2 amide bonds. The van der Waals surface area contributed by atoms with Crippen molar-refractivity contribution < 1.29 is 9.59 Å². The molecule has 3 rings (SSSR count). The third kappa shape index (κ3) is 3.83. The van der Waals surface area contributed by atoms with Gasteiger partial charge in [0.15, 0.2) is 0 Å². The van der Waals surface area contributed by atoms with Crippen LogP contribution in [0.1, 0.15) is 20.7 Å². The predicted molar refractivity (Wildman–Crippen MR) is 104 cm³/mol. The second kappa shape index (κ2) is 7.53. The Morgan fingerprint density at radius 2 is 1.77 bits per heavy atom. The first-order valence-electron chi connectivity index (χ1n) is 7.88. The molecule has 0 aliphatic heterocycles. The van der Waals surface area contributed by atoms with Gasteiger partial charge in [-0.25, -0.2) is 4.68 Å². The average molecular weight is 413 g/mol. The van der Waals surface area contributed by atoms with Gasteiger partial charge in [0.1, 0.15) is 0 Å². The fraction of sp³-hybridized carbons (Fsp3) is 0.105. The van der Waals surface area contributed by atoms with Crippen molar-refractivity contribution in [1.82, 2.24) is 14.7 Å². The normalized spacial score (nSPS) is 10.4. The van der Waals surface area contributed by atoms with Gasteiger partial charge in [0.05, 0.1) is 27.6 Å². The molecule has 0 aliphatic rings. The maximum atomic E-state index is 12.5. The Labute approximate surface area is 159 Å². The minimum absolute atomic E-state index is 0.166. The van der Waals surface area contributed by atoms with Crippen LogP contribution in [0.3, 0.4) is 0 Å². The molecule has 1 N–H and O–H groups in total. The van der Waals surface area contributed by atoms with Crippen molar-refractivity contribution in [3.05, 3.63) is 76.5 Å². The molecule has 0 atom stereocenters. The molecule has 132 valence electrons. The average Bonchev–Trinajstić information content (AvgIpc) is 3.08. The molecule has 0 bridgehead atoms. The minimum atomic E-state index is -0.280. The third-order valence-electron chi connectivity index (χ3n) is 3.76. The van der Waals surface area contributed by atoms with Crippen molar-refractivity contribution in [2.24, 2.45) is 0 Å². The van der Waals surface area contributed by atoms with E-state index in [4.69, 9.17) is 0 Å². The van der Waals surface area contributed by atoms with Crippen molar-refractivity contribution in [2.45, 2.75) is 0 Å². The molecule has 6 nitrogen and oxygen atoms in total. The summed E-state index contributed by atoms with van der Waals surface area (Å²) >= 11 is 3.35. The molecule has 0 fully saturated rings. The first-order valence-corrected chi connectivity index (χ1v) is 8.67. The number of amides is 2. The Morgan fingerprint density at radius 3 is 2.38 bits per heavy atom. The van der Waals surface area contributed by atoms with E-state index >= 15 is 0 Å². The maximum absolute atomic E-state index is 12.5. The van der Waals surface area contributed by atoms with Gasteiger partial charge in [-0.15, -0.1) is 0 Å². The first kappa shape index (κ1) is 17.9. The monoisotopic (exact) mass is 412 g/mol. The van der Waals surface area contributed by atoms with Crippen LogP contribution >= 0.6 is 15.9 Å². The van der Waals surface area contributed by atoms with E-state index in [0.29, 0.717) is 16.8 Å². The standard InChI is InChI=1S/C19H17BrN4O2/c1-23(2)19(26)16-5-3-4-6-17(16)22-18(25)13-7-9-15(10-8-13)24-12-14(20)11-21-24/h3-12H,1-2H3,(H,22,25). The fourth-order valence-corrected chi connectivity index (χ4v) is 2.71. The summed E-state index contributed by atoms with van der Waals surface area (Å²) in [6.07, 6.45) is 3.53. The van der Waals surface area contributed by atoms with E-state index in [9.17, 15) is 9.59 Å². The summed E-state index contributed by atoms with van der Waals surface area (Å²) in [5.41, 5.74) is 2.27. The zero-order chi connectivity index (χ0) is 18.7. The highest BCUT2D eigenvalue weighted by Crippen LogP contribution is 2.18. The number of hydrogen-bond donors (Lipinski definition) is 1. The van der Waals surface area contributed by atoms with Crippen molar-refractivity contribution in [2.75, 3.05) is 19.4 Å². The minimum Gasteiger partial charge on any atom is -0.345 e. The summed E-state index contributed by atoms with van der Waals surface area (Å²) in [5, 5.41) is 7.01. The van der Waals surface area contributed by atoms with Gasteiger partial charge in [-0.05, 0) is 52.3 Å². The Bertz CT molecular complexity index is 948. The van der Waals surface area contributed by atoms with Gasteiger partial charge in [0.25, 0.3) is 11.8 Å². The van der Waals surface area contributed by atoms with Crippen LogP contribution in [-0.2, 0) is 0 Å². The van der Waals surface area contributed by atoms with Gasteiger partial charge in [0.2, 0.25) is 0 Å². The van der Waals surface area contributed by atoms with E-state index in [-0.39, 0.29) is 11.8 Å². The van der Waals surface area contributed by atoms with E-state index in [1.807, 2.05) is 18.3 Å². The Kier molecular flexibility index (Phi) is 5.18. The lowest BCUT2D eigenvalue weighted by atomic mass is 10.1. The second-order valence-electron chi connectivity index (χ2n) is 5.85. The lowest BCUT2D eigenvalue weighted by Crippen LogP contribution is -2.24. The summed E-state index contributed by atoms with van der Waals surface area (Å²) in [4.78, 5) is 26.3. The van der Waals surface area contributed by atoms with Crippen molar-refractivity contribution in [1.29, 1.82) is 0 Å². The van der Waals surface area contributed by atoms with Crippen LogP contribution in [0.2, 0.25) is 0 Å². The number of nitrogens with zero attached hydrogens (tertiary/aromatic N) is 3. The Balaban J connectivity index is 1.80. The number of carbonyl (C=O) groups is 2. The zero-order valence-corrected chi connectivity index (χ0v) is 15.9. The van der Waals surface area contributed by atoms with Gasteiger partial charge in [-0.2, -0.15) is 5.10 Å². The summed E-state index contributed by atoms with van der Waals surface area (Å²) < 4.78 is 2.58. The van der Waals surface area contributed by atoms with Gasteiger partial charge < -0.3 is 10.2 Å². The highest BCUT2D eigenvalue weighted by atomic mass is 79.9. The SMILES string of the molecule is CN(C)C(=O)c1ccccc1NC(=O)c1ccc(-n2cc(Br)cn2)cc1. The van der Waals surface area contributed by atoms with Crippen LogP contribution in [0.5, 0.6) is 0 Å². The molecule has 2 aromatic carbocycles. The zero-order valence-electron chi connectivity index (χ0n) is 14.3. The molecule has 0 spiro atoms. The van der Waals surface area contributed by atoms with Crippen LogP contribution in [-0.4, -0.2) is 40.6 Å². The molecule has 7 heteroatoms. The second-order valence-corrected chi connectivity index (χ2v) is 6.76.